The molecule has 3 aromatic rings. The number of rotatable bonds is 7. The van der Waals surface area contributed by atoms with E-state index in [2.05, 4.69) is 37.3 Å². The topological polar surface area (TPSA) is 71.8 Å². The number of amides is 1. The third-order valence-electron chi connectivity index (χ3n) is 5.82. The summed E-state index contributed by atoms with van der Waals surface area (Å²) < 4.78 is 8.23. The van der Waals surface area contributed by atoms with Gasteiger partial charge in [-0.25, -0.2) is 9.50 Å². The van der Waals surface area contributed by atoms with Crippen LogP contribution in [0.2, 0.25) is 0 Å². The Morgan fingerprint density at radius 1 is 1.23 bits per heavy atom. The molecule has 1 fully saturated rings. The average molecular weight is 486 g/mol. The van der Waals surface area contributed by atoms with Gasteiger partial charge in [0, 0.05) is 41.9 Å². The van der Waals surface area contributed by atoms with Gasteiger partial charge in [-0.3, -0.25) is 9.69 Å². The monoisotopic (exact) mass is 485 g/mol. The highest BCUT2D eigenvalue weighted by Gasteiger charge is 2.19. The van der Waals surface area contributed by atoms with E-state index in [1.54, 1.807) is 10.7 Å². The fourth-order valence-corrected chi connectivity index (χ4v) is 4.41. The molecule has 7 nitrogen and oxygen atoms in total. The number of ether oxygens (including phenoxy) is 1. The first-order valence-corrected chi connectivity index (χ1v) is 11.5. The number of morpholine rings is 1. The minimum absolute atomic E-state index is 0.123. The molecule has 2 aromatic heterocycles. The minimum atomic E-state index is -0.123. The van der Waals surface area contributed by atoms with E-state index in [9.17, 15) is 4.79 Å². The largest absolute Gasteiger partial charge is 0.379 e. The summed E-state index contributed by atoms with van der Waals surface area (Å²) >= 11 is 3.63. The quantitative estimate of drug-likeness (QED) is 0.520. The van der Waals surface area contributed by atoms with Crippen molar-refractivity contribution in [3.8, 4) is 0 Å². The lowest BCUT2D eigenvalue weighted by atomic mass is 10.0. The number of aromatic nitrogens is 3. The number of benzene rings is 1. The lowest BCUT2D eigenvalue weighted by Gasteiger charge is -2.26. The van der Waals surface area contributed by atoms with Crippen LogP contribution in [0.3, 0.4) is 0 Å². The predicted molar refractivity (Wildman–Crippen MR) is 124 cm³/mol. The van der Waals surface area contributed by atoms with E-state index in [4.69, 9.17) is 9.72 Å². The Balaban J connectivity index is 1.45. The molecule has 0 atom stereocenters. The average Bonchev–Trinajstić information content (AvgIpc) is 3.20. The summed E-state index contributed by atoms with van der Waals surface area (Å²) in [5, 5.41) is 7.49. The number of carbonyl (C=O) groups is 1. The van der Waals surface area contributed by atoms with Gasteiger partial charge in [0.15, 0.2) is 5.65 Å². The molecule has 1 saturated heterocycles. The summed E-state index contributed by atoms with van der Waals surface area (Å²) in [5.74, 6) is -0.123. The summed E-state index contributed by atoms with van der Waals surface area (Å²) in [7, 11) is 0. The maximum Gasteiger partial charge on any atom is 0.256 e. The van der Waals surface area contributed by atoms with Gasteiger partial charge in [-0.05, 0) is 44.0 Å². The van der Waals surface area contributed by atoms with Gasteiger partial charge in [0.25, 0.3) is 5.91 Å². The van der Waals surface area contributed by atoms with Gasteiger partial charge < -0.3 is 10.1 Å². The third-order valence-corrected chi connectivity index (χ3v) is 6.59. The van der Waals surface area contributed by atoms with Crippen LogP contribution in [0.25, 0.3) is 5.65 Å². The Hall–Kier alpha value is -2.29. The third kappa shape index (κ3) is 4.97. The zero-order chi connectivity index (χ0) is 21.8. The number of hydrogen-bond donors (Lipinski definition) is 1. The van der Waals surface area contributed by atoms with Crippen LogP contribution in [0.4, 0.5) is 0 Å². The van der Waals surface area contributed by atoms with E-state index >= 15 is 0 Å². The Bertz CT molecular complexity index is 1080. The number of aryl methyl sites for hydroxylation is 2. The molecule has 31 heavy (non-hydrogen) atoms. The lowest BCUT2D eigenvalue weighted by Crippen LogP contribution is -2.38. The zero-order valence-electron chi connectivity index (χ0n) is 18.0. The van der Waals surface area contributed by atoms with Crippen LogP contribution in [0, 0.1) is 13.8 Å². The summed E-state index contributed by atoms with van der Waals surface area (Å²) in [6.07, 6.45) is 3.28. The van der Waals surface area contributed by atoms with Crippen molar-refractivity contribution in [2.75, 3.05) is 39.4 Å². The molecule has 0 radical (unpaired) electrons. The standard InChI is InChI=1S/C23H28BrN5O2/c1-16-19(14-18-6-3-4-7-21(18)24)17(2)29-22(27-16)20(15-26-29)23(30)25-8-5-9-28-10-12-31-13-11-28/h3-4,6-7,15H,5,8-14H2,1-2H3,(H,25,30). The molecule has 1 aliphatic heterocycles. The molecule has 0 bridgehead atoms. The molecule has 0 spiro atoms. The number of hydrogen-bond acceptors (Lipinski definition) is 5. The molecule has 1 aromatic carbocycles. The van der Waals surface area contributed by atoms with Crippen molar-refractivity contribution >= 4 is 27.5 Å². The SMILES string of the molecule is Cc1nc2c(C(=O)NCCCN3CCOCC3)cnn2c(C)c1Cc1ccccc1Br. The van der Waals surface area contributed by atoms with Gasteiger partial charge in [0.1, 0.15) is 5.56 Å². The molecule has 0 aliphatic carbocycles. The molecular weight excluding hydrogens is 458 g/mol. The van der Waals surface area contributed by atoms with E-state index in [-0.39, 0.29) is 5.91 Å². The van der Waals surface area contributed by atoms with Crippen LogP contribution in [-0.2, 0) is 11.2 Å². The summed E-state index contributed by atoms with van der Waals surface area (Å²) in [5.41, 5.74) is 5.37. The molecule has 4 rings (SSSR count). The van der Waals surface area contributed by atoms with E-state index in [1.807, 2.05) is 32.0 Å². The van der Waals surface area contributed by atoms with Crippen LogP contribution in [0.15, 0.2) is 34.9 Å². The Morgan fingerprint density at radius 2 is 2.00 bits per heavy atom. The number of nitrogens with one attached hydrogen (secondary N) is 1. The number of halogens is 1. The fourth-order valence-electron chi connectivity index (χ4n) is 3.98. The molecule has 8 heteroatoms. The van der Waals surface area contributed by atoms with Crippen molar-refractivity contribution < 1.29 is 9.53 Å². The molecule has 0 saturated carbocycles. The number of fused-ring (bicyclic) bond motifs is 1. The highest BCUT2D eigenvalue weighted by atomic mass is 79.9. The first-order valence-electron chi connectivity index (χ1n) is 10.7. The molecule has 1 N–H and O–H groups in total. The van der Waals surface area contributed by atoms with Gasteiger partial charge in [0.05, 0.1) is 19.4 Å². The predicted octanol–water partition coefficient (Wildman–Crippen LogP) is 3.15. The second-order valence-corrected chi connectivity index (χ2v) is 8.74. The van der Waals surface area contributed by atoms with Gasteiger partial charge in [-0.15, -0.1) is 0 Å². The van der Waals surface area contributed by atoms with E-state index < -0.39 is 0 Å². The summed E-state index contributed by atoms with van der Waals surface area (Å²) in [6, 6.07) is 8.19. The van der Waals surface area contributed by atoms with Crippen molar-refractivity contribution in [3.63, 3.8) is 0 Å². The molecule has 164 valence electrons. The smallest absolute Gasteiger partial charge is 0.256 e. The number of carbonyl (C=O) groups excluding carboxylic acids is 1. The molecule has 0 unspecified atom stereocenters. The van der Waals surface area contributed by atoms with Crippen molar-refractivity contribution in [2.45, 2.75) is 26.7 Å². The van der Waals surface area contributed by atoms with Crippen molar-refractivity contribution in [2.24, 2.45) is 0 Å². The Morgan fingerprint density at radius 3 is 2.77 bits per heavy atom. The summed E-state index contributed by atoms with van der Waals surface area (Å²) in [4.78, 5) is 19.9. The minimum Gasteiger partial charge on any atom is -0.379 e. The van der Waals surface area contributed by atoms with Crippen LogP contribution in [0.1, 0.15) is 39.3 Å². The normalized spacial score (nSPS) is 14.8. The highest BCUT2D eigenvalue weighted by Crippen LogP contribution is 2.24. The maximum atomic E-state index is 12.8. The van der Waals surface area contributed by atoms with Crippen molar-refractivity contribution in [1.29, 1.82) is 0 Å². The van der Waals surface area contributed by atoms with Gasteiger partial charge in [-0.1, -0.05) is 34.1 Å². The van der Waals surface area contributed by atoms with E-state index in [1.165, 1.54) is 5.56 Å². The van der Waals surface area contributed by atoms with Crippen LogP contribution >= 0.6 is 15.9 Å². The molecule has 3 heterocycles. The van der Waals surface area contributed by atoms with E-state index in [0.717, 1.165) is 67.1 Å². The second-order valence-electron chi connectivity index (χ2n) is 7.89. The molecule has 1 aliphatic rings. The van der Waals surface area contributed by atoms with Crippen molar-refractivity contribution in [3.05, 3.63) is 63.0 Å². The Kier molecular flexibility index (Phi) is 6.99. The van der Waals surface area contributed by atoms with E-state index in [0.29, 0.717) is 17.8 Å². The molecular formula is C23H28BrN5O2. The van der Waals surface area contributed by atoms with Crippen LogP contribution in [0.5, 0.6) is 0 Å². The zero-order valence-corrected chi connectivity index (χ0v) is 19.6. The summed E-state index contributed by atoms with van der Waals surface area (Å²) in [6.45, 7) is 9.14. The van der Waals surface area contributed by atoms with Gasteiger partial charge in [-0.2, -0.15) is 5.10 Å². The lowest BCUT2D eigenvalue weighted by molar-refractivity contribution is 0.0374. The first-order chi connectivity index (χ1) is 15.0. The van der Waals surface area contributed by atoms with Crippen LogP contribution in [-0.4, -0.2) is 64.8 Å². The first kappa shape index (κ1) is 21.9. The van der Waals surface area contributed by atoms with Gasteiger partial charge >= 0.3 is 0 Å². The molecule has 1 amide bonds. The number of nitrogens with zero attached hydrogens (tertiary/aromatic N) is 4. The van der Waals surface area contributed by atoms with Gasteiger partial charge in [0.2, 0.25) is 0 Å². The highest BCUT2D eigenvalue weighted by molar-refractivity contribution is 9.10. The Labute approximate surface area is 190 Å². The maximum absolute atomic E-state index is 12.8. The van der Waals surface area contributed by atoms with Crippen LogP contribution < -0.4 is 5.32 Å². The fraction of sp³-hybridized carbons (Fsp3) is 0.435. The van der Waals surface area contributed by atoms with Crippen molar-refractivity contribution in [1.82, 2.24) is 24.8 Å². The second kappa shape index (κ2) is 9.89.